The van der Waals surface area contributed by atoms with Crippen molar-refractivity contribution in [3.8, 4) is 0 Å². The van der Waals surface area contributed by atoms with E-state index in [1.165, 1.54) is 6.20 Å². The number of aromatic carboxylic acids is 1. The molecule has 1 aromatic rings. The summed E-state index contributed by atoms with van der Waals surface area (Å²) in [6, 6.07) is 0.174. The van der Waals surface area contributed by atoms with Crippen molar-refractivity contribution in [1.82, 2.24) is 14.7 Å². The van der Waals surface area contributed by atoms with Gasteiger partial charge in [-0.15, -0.1) is 0 Å². The van der Waals surface area contributed by atoms with Crippen molar-refractivity contribution in [1.29, 1.82) is 0 Å². The zero-order chi connectivity index (χ0) is 11.6. The molecule has 0 amide bonds. The van der Waals surface area contributed by atoms with Crippen LogP contribution < -0.4 is 0 Å². The number of carboxylic acids is 1. The van der Waals surface area contributed by atoms with E-state index >= 15 is 0 Å². The van der Waals surface area contributed by atoms with E-state index in [1.807, 2.05) is 32.8 Å². The average Bonchev–Trinajstić information content (AvgIpc) is 2.46. The van der Waals surface area contributed by atoms with Crippen LogP contribution in [0.4, 0.5) is 0 Å². The van der Waals surface area contributed by atoms with Gasteiger partial charge in [0, 0.05) is 12.6 Å². The Morgan fingerprint density at radius 2 is 2.20 bits per heavy atom. The Balaban J connectivity index is 3.14. The summed E-state index contributed by atoms with van der Waals surface area (Å²) in [6.45, 7) is 4.55. The van der Waals surface area contributed by atoms with Gasteiger partial charge in [0.25, 0.3) is 0 Å². The third-order valence-electron chi connectivity index (χ3n) is 2.08. The largest absolute Gasteiger partial charge is 0.478 e. The molecular weight excluding hydrogens is 194 g/mol. The number of hydrogen-bond acceptors (Lipinski definition) is 3. The highest BCUT2D eigenvalue weighted by Crippen LogP contribution is 2.15. The first-order valence-corrected chi connectivity index (χ1v) is 4.88. The van der Waals surface area contributed by atoms with Gasteiger partial charge in [0.05, 0.1) is 11.9 Å². The van der Waals surface area contributed by atoms with Crippen LogP contribution in [0.25, 0.3) is 0 Å². The maximum absolute atomic E-state index is 11.0. The molecule has 84 valence electrons. The van der Waals surface area contributed by atoms with E-state index in [0.29, 0.717) is 6.54 Å². The molecule has 0 unspecified atom stereocenters. The Kier molecular flexibility index (Phi) is 3.47. The van der Waals surface area contributed by atoms with E-state index in [9.17, 15) is 4.79 Å². The highest BCUT2D eigenvalue weighted by Gasteiger charge is 2.18. The molecule has 1 aromatic heterocycles. The first kappa shape index (κ1) is 11.7. The highest BCUT2D eigenvalue weighted by molar-refractivity contribution is 5.88. The van der Waals surface area contributed by atoms with Crippen LogP contribution in [0.3, 0.4) is 0 Å². The first-order valence-electron chi connectivity index (χ1n) is 4.88. The third-order valence-corrected chi connectivity index (χ3v) is 2.08. The molecule has 0 saturated carbocycles. The molecule has 1 rings (SSSR count). The molecule has 0 fully saturated rings. The summed E-state index contributed by atoms with van der Waals surface area (Å²) in [5.74, 6) is -0.918. The fourth-order valence-electron chi connectivity index (χ4n) is 1.47. The van der Waals surface area contributed by atoms with Crippen molar-refractivity contribution in [2.75, 3.05) is 14.1 Å². The molecule has 0 aliphatic heterocycles. The van der Waals surface area contributed by atoms with Crippen molar-refractivity contribution in [2.45, 2.75) is 26.4 Å². The molecule has 0 saturated heterocycles. The van der Waals surface area contributed by atoms with Crippen LogP contribution >= 0.6 is 0 Å². The second kappa shape index (κ2) is 4.44. The van der Waals surface area contributed by atoms with E-state index in [2.05, 4.69) is 5.10 Å². The lowest BCUT2D eigenvalue weighted by atomic mass is 10.2. The fourth-order valence-corrected chi connectivity index (χ4v) is 1.47. The molecule has 0 spiro atoms. The normalized spacial score (nSPS) is 11.3. The lowest BCUT2D eigenvalue weighted by molar-refractivity contribution is 0.0694. The summed E-state index contributed by atoms with van der Waals surface area (Å²) >= 11 is 0. The Hall–Kier alpha value is -1.36. The number of carbonyl (C=O) groups is 1. The van der Waals surface area contributed by atoms with E-state index < -0.39 is 5.97 Å². The van der Waals surface area contributed by atoms with Crippen LogP contribution in [-0.2, 0) is 6.54 Å². The fraction of sp³-hybridized carbons (Fsp3) is 0.600. The van der Waals surface area contributed by atoms with Gasteiger partial charge in [0.1, 0.15) is 5.56 Å². The van der Waals surface area contributed by atoms with Crippen LogP contribution in [-0.4, -0.2) is 39.9 Å². The maximum Gasteiger partial charge on any atom is 0.339 e. The minimum absolute atomic E-state index is 0.174. The predicted octanol–water partition coefficient (Wildman–Crippen LogP) is 1.22. The standard InChI is InChI=1S/C10H17N3O2/c1-7(2)13-9(6-12(3)4)8(5-11-13)10(14)15/h5,7H,6H2,1-4H3,(H,14,15). The highest BCUT2D eigenvalue weighted by atomic mass is 16.4. The second-order valence-electron chi connectivity index (χ2n) is 4.09. The van der Waals surface area contributed by atoms with Gasteiger partial charge in [-0.3, -0.25) is 4.68 Å². The number of rotatable bonds is 4. The SMILES string of the molecule is CC(C)n1ncc(C(=O)O)c1CN(C)C. The van der Waals surface area contributed by atoms with Crippen molar-refractivity contribution in [3.63, 3.8) is 0 Å². The van der Waals surface area contributed by atoms with Gasteiger partial charge in [-0.25, -0.2) is 4.79 Å². The second-order valence-corrected chi connectivity index (χ2v) is 4.09. The van der Waals surface area contributed by atoms with Gasteiger partial charge >= 0.3 is 5.97 Å². The van der Waals surface area contributed by atoms with Crippen LogP contribution in [0, 0.1) is 0 Å². The van der Waals surface area contributed by atoms with E-state index in [4.69, 9.17) is 5.11 Å². The Morgan fingerprint density at radius 3 is 2.60 bits per heavy atom. The van der Waals surface area contributed by atoms with Crippen LogP contribution in [0.2, 0.25) is 0 Å². The Bertz CT molecular complexity index is 356. The molecule has 5 nitrogen and oxygen atoms in total. The van der Waals surface area contributed by atoms with Crippen molar-refractivity contribution in [3.05, 3.63) is 17.5 Å². The molecule has 1 heterocycles. The van der Waals surface area contributed by atoms with Gasteiger partial charge in [-0.2, -0.15) is 5.10 Å². The van der Waals surface area contributed by atoms with Crippen molar-refractivity contribution in [2.24, 2.45) is 0 Å². The molecular formula is C10H17N3O2. The Labute approximate surface area is 89.3 Å². The number of hydrogen-bond donors (Lipinski definition) is 1. The molecule has 0 bridgehead atoms. The monoisotopic (exact) mass is 211 g/mol. The lowest BCUT2D eigenvalue weighted by Gasteiger charge is -2.15. The first-order chi connectivity index (χ1) is 6.93. The van der Waals surface area contributed by atoms with Gasteiger partial charge < -0.3 is 10.0 Å². The van der Waals surface area contributed by atoms with E-state index in [-0.39, 0.29) is 11.6 Å². The smallest absolute Gasteiger partial charge is 0.339 e. The van der Waals surface area contributed by atoms with Gasteiger partial charge in [-0.05, 0) is 27.9 Å². The maximum atomic E-state index is 11.0. The van der Waals surface area contributed by atoms with Crippen LogP contribution in [0.15, 0.2) is 6.20 Å². The van der Waals surface area contributed by atoms with Crippen molar-refractivity contribution < 1.29 is 9.90 Å². The molecule has 0 aliphatic rings. The average molecular weight is 211 g/mol. The van der Waals surface area contributed by atoms with Crippen LogP contribution in [0.1, 0.15) is 35.9 Å². The zero-order valence-electron chi connectivity index (χ0n) is 9.56. The molecule has 0 atom stereocenters. The summed E-state index contributed by atoms with van der Waals surface area (Å²) in [5, 5.41) is 13.1. The Morgan fingerprint density at radius 1 is 1.60 bits per heavy atom. The third kappa shape index (κ3) is 2.56. The molecule has 0 aliphatic carbocycles. The van der Waals surface area contributed by atoms with Crippen LogP contribution in [0.5, 0.6) is 0 Å². The summed E-state index contributed by atoms with van der Waals surface area (Å²) in [6.07, 6.45) is 1.42. The summed E-state index contributed by atoms with van der Waals surface area (Å²) in [7, 11) is 3.81. The zero-order valence-corrected chi connectivity index (χ0v) is 9.56. The molecule has 5 heteroatoms. The topological polar surface area (TPSA) is 58.4 Å². The summed E-state index contributed by atoms with van der Waals surface area (Å²) < 4.78 is 1.75. The quantitative estimate of drug-likeness (QED) is 0.813. The molecule has 0 aromatic carbocycles. The van der Waals surface area contributed by atoms with Gasteiger partial charge in [-0.1, -0.05) is 0 Å². The van der Waals surface area contributed by atoms with E-state index in [1.54, 1.807) is 4.68 Å². The molecule has 0 radical (unpaired) electrons. The lowest BCUT2D eigenvalue weighted by Crippen LogP contribution is -2.18. The number of aromatic nitrogens is 2. The number of carboxylic acid groups (broad SMARTS) is 1. The number of nitrogens with zero attached hydrogens (tertiary/aromatic N) is 3. The van der Waals surface area contributed by atoms with Gasteiger partial charge in [0.2, 0.25) is 0 Å². The van der Waals surface area contributed by atoms with Gasteiger partial charge in [0.15, 0.2) is 0 Å². The molecule has 1 N–H and O–H groups in total. The summed E-state index contributed by atoms with van der Waals surface area (Å²) in [4.78, 5) is 12.9. The minimum Gasteiger partial charge on any atom is -0.478 e. The summed E-state index contributed by atoms with van der Waals surface area (Å²) in [5.41, 5.74) is 1.04. The van der Waals surface area contributed by atoms with Crippen molar-refractivity contribution >= 4 is 5.97 Å². The predicted molar refractivity (Wildman–Crippen MR) is 57.0 cm³/mol. The minimum atomic E-state index is -0.918. The molecule has 15 heavy (non-hydrogen) atoms. The van der Waals surface area contributed by atoms with E-state index in [0.717, 1.165) is 5.69 Å².